The second-order valence-electron chi connectivity index (χ2n) is 4.31. The Morgan fingerprint density at radius 3 is 2.73 bits per heavy atom. The molecule has 1 amide bonds. The summed E-state index contributed by atoms with van der Waals surface area (Å²) in [6, 6.07) is 9.98. The molecule has 0 aliphatic rings. The van der Waals surface area contributed by atoms with Gasteiger partial charge in [-0.1, -0.05) is 24.0 Å². The zero-order valence-electron chi connectivity index (χ0n) is 11.8. The van der Waals surface area contributed by atoms with Crippen LogP contribution in [0.5, 0.6) is 5.75 Å². The number of carbonyl (C=O) groups is 1. The predicted octanol–water partition coefficient (Wildman–Crippen LogP) is 2.75. The minimum absolute atomic E-state index is 0.0354. The molecule has 2 rings (SSSR count). The van der Waals surface area contributed by atoms with Gasteiger partial charge in [-0.3, -0.25) is 4.79 Å². The summed E-state index contributed by atoms with van der Waals surface area (Å²) in [5.74, 6) is 3.95. The summed E-state index contributed by atoms with van der Waals surface area (Å²) in [6.07, 6.45) is 0. The lowest BCUT2D eigenvalue weighted by Crippen LogP contribution is -2.24. The maximum atomic E-state index is 13.4. The molecule has 2 aromatic carbocycles. The Hall–Kier alpha value is -2.87. The van der Waals surface area contributed by atoms with E-state index in [1.807, 2.05) is 12.1 Å². The normalized spacial score (nSPS) is 9.59. The minimum atomic E-state index is -0.907. The lowest BCUT2D eigenvalue weighted by atomic mass is 10.2. The van der Waals surface area contributed by atoms with E-state index >= 15 is 0 Å². The number of hydrogen-bond donors (Lipinski definition) is 1. The molecule has 5 heteroatoms. The van der Waals surface area contributed by atoms with Gasteiger partial charge in [-0.25, -0.2) is 8.78 Å². The molecule has 0 aliphatic carbocycles. The number of hydrogen-bond acceptors (Lipinski definition) is 2. The first-order valence-electron chi connectivity index (χ1n) is 6.47. The summed E-state index contributed by atoms with van der Waals surface area (Å²) in [6.45, 7) is 0.0354. The average molecular weight is 301 g/mol. The van der Waals surface area contributed by atoms with Gasteiger partial charge in [0.05, 0.1) is 24.8 Å². The first-order chi connectivity index (χ1) is 10.6. The third-order valence-electron chi connectivity index (χ3n) is 2.84. The average Bonchev–Trinajstić information content (AvgIpc) is 2.51. The molecular weight excluding hydrogens is 288 g/mol. The highest BCUT2D eigenvalue weighted by Crippen LogP contribution is 2.15. The number of halogens is 2. The molecule has 0 radical (unpaired) electrons. The Morgan fingerprint density at radius 2 is 2.00 bits per heavy atom. The van der Waals surface area contributed by atoms with E-state index in [-0.39, 0.29) is 12.1 Å². The van der Waals surface area contributed by atoms with Gasteiger partial charge in [0.25, 0.3) is 5.91 Å². The Bertz CT molecular complexity index is 748. The van der Waals surface area contributed by atoms with E-state index in [1.54, 1.807) is 19.2 Å². The van der Waals surface area contributed by atoms with Crippen molar-refractivity contribution in [3.8, 4) is 17.6 Å². The molecule has 0 heterocycles. The van der Waals surface area contributed by atoms with E-state index in [0.29, 0.717) is 17.4 Å². The number of methoxy groups -OCH3 is 1. The molecule has 0 atom stereocenters. The molecule has 0 aromatic heterocycles. The molecule has 3 nitrogen and oxygen atoms in total. The number of nitrogens with one attached hydrogen (secondary N) is 1. The van der Waals surface area contributed by atoms with E-state index in [2.05, 4.69) is 17.2 Å². The topological polar surface area (TPSA) is 38.3 Å². The maximum absolute atomic E-state index is 13.4. The molecule has 0 spiro atoms. The zero-order valence-corrected chi connectivity index (χ0v) is 11.8. The van der Waals surface area contributed by atoms with Gasteiger partial charge in [0.2, 0.25) is 0 Å². The molecule has 112 valence electrons. The van der Waals surface area contributed by atoms with Crippen molar-refractivity contribution in [1.29, 1.82) is 0 Å². The number of ether oxygens (including phenoxy) is 1. The van der Waals surface area contributed by atoms with E-state index in [1.165, 1.54) is 0 Å². The highest BCUT2D eigenvalue weighted by atomic mass is 19.1. The fourth-order valence-corrected chi connectivity index (χ4v) is 1.78. The van der Waals surface area contributed by atoms with Crippen molar-refractivity contribution in [1.82, 2.24) is 5.32 Å². The van der Waals surface area contributed by atoms with E-state index in [0.717, 1.165) is 12.1 Å². The molecule has 0 aliphatic heterocycles. The van der Waals surface area contributed by atoms with E-state index in [9.17, 15) is 13.6 Å². The van der Waals surface area contributed by atoms with Crippen LogP contribution in [0.1, 0.15) is 15.9 Å². The lowest BCUT2D eigenvalue weighted by Gasteiger charge is -2.03. The summed E-state index contributed by atoms with van der Waals surface area (Å²) >= 11 is 0. The molecule has 2 aromatic rings. The summed E-state index contributed by atoms with van der Waals surface area (Å²) in [5.41, 5.74) is 0.465. The van der Waals surface area contributed by atoms with Gasteiger partial charge in [-0.05, 0) is 24.3 Å². The van der Waals surface area contributed by atoms with Crippen molar-refractivity contribution in [2.45, 2.75) is 0 Å². The highest BCUT2D eigenvalue weighted by Gasteiger charge is 2.11. The van der Waals surface area contributed by atoms with Crippen LogP contribution in [0.3, 0.4) is 0 Å². The fraction of sp³-hybridized carbons (Fsp3) is 0.118. The zero-order chi connectivity index (χ0) is 15.9. The van der Waals surface area contributed by atoms with Gasteiger partial charge in [-0.15, -0.1) is 0 Å². The third-order valence-corrected chi connectivity index (χ3v) is 2.84. The Labute approximate surface area is 126 Å². The van der Waals surface area contributed by atoms with Gasteiger partial charge in [-0.2, -0.15) is 0 Å². The maximum Gasteiger partial charge on any atom is 0.255 e. The smallest absolute Gasteiger partial charge is 0.255 e. The lowest BCUT2D eigenvalue weighted by molar-refractivity contribution is 0.0954. The predicted molar refractivity (Wildman–Crippen MR) is 78.6 cm³/mol. The number of rotatable bonds is 3. The van der Waals surface area contributed by atoms with Crippen LogP contribution in [0.15, 0.2) is 42.5 Å². The second-order valence-corrected chi connectivity index (χ2v) is 4.31. The summed E-state index contributed by atoms with van der Waals surface area (Å²) in [5, 5.41) is 2.45. The monoisotopic (exact) mass is 301 g/mol. The van der Waals surface area contributed by atoms with Gasteiger partial charge in [0, 0.05) is 6.07 Å². The van der Waals surface area contributed by atoms with E-state index < -0.39 is 17.5 Å². The van der Waals surface area contributed by atoms with Crippen molar-refractivity contribution < 1.29 is 18.3 Å². The van der Waals surface area contributed by atoms with Crippen LogP contribution in [-0.2, 0) is 0 Å². The minimum Gasteiger partial charge on any atom is -0.495 e. The summed E-state index contributed by atoms with van der Waals surface area (Å²) in [7, 11) is 1.54. The van der Waals surface area contributed by atoms with Crippen LogP contribution in [0.4, 0.5) is 8.78 Å². The van der Waals surface area contributed by atoms with E-state index in [4.69, 9.17) is 4.74 Å². The molecule has 0 fully saturated rings. The van der Waals surface area contributed by atoms with Crippen molar-refractivity contribution >= 4 is 5.91 Å². The Morgan fingerprint density at radius 1 is 1.23 bits per heavy atom. The molecule has 0 unspecified atom stereocenters. The van der Waals surface area contributed by atoms with Crippen LogP contribution < -0.4 is 10.1 Å². The Kier molecular flexibility index (Phi) is 5.10. The van der Waals surface area contributed by atoms with Crippen LogP contribution in [0, 0.1) is 23.5 Å². The van der Waals surface area contributed by atoms with Crippen LogP contribution >= 0.6 is 0 Å². The summed E-state index contributed by atoms with van der Waals surface area (Å²) in [4.78, 5) is 11.7. The standard InChI is InChI=1S/C17H13F2NO2/c1-22-16-7-3-2-5-12(16)6-4-10-20-17(21)14-9-8-13(18)11-15(14)19/h2-3,5,7-9,11H,10H2,1H3,(H,20,21). The quantitative estimate of drug-likeness (QED) is 0.885. The van der Waals surface area contributed by atoms with Crippen molar-refractivity contribution in [3.63, 3.8) is 0 Å². The molecule has 0 saturated heterocycles. The van der Waals surface area contributed by atoms with Gasteiger partial charge in [0.15, 0.2) is 0 Å². The number of benzene rings is 2. The molecule has 1 N–H and O–H groups in total. The van der Waals surface area contributed by atoms with Crippen molar-refractivity contribution in [3.05, 3.63) is 65.2 Å². The van der Waals surface area contributed by atoms with Crippen LogP contribution in [-0.4, -0.2) is 19.6 Å². The van der Waals surface area contributed by atoms with Crippen LogP contribution in [0.25, 0.3) is 0 Å². The molecule has 0 bridgehead atoms. The molecular formula is C17H13F2NO2. The SMILES string of the molecule is COc1ccccc1C#CCNC(=O)c1ccc(F)cc1F. The first kappa shape index (κ1) is 15.5. The molecule has 0 saturated carbocycles. The number of amides is 1. The van der Waals surface area contributed by atoms with Crippen LogP contribution in [0.2, 0.25) is 0 Å². The fourth-order valence-electron chi connectivity index (χ4n) is 1.78. The number of para-hydroxylation sites is 1. The largest absolute Gasteiger partial charge is 0.495 e. The second kappa shape index (κ2) is 7.23. The van der Waals surface area contributed by atoms with Gasteiger partial charge >= 0.3 is 0 Å². The summed E-state index contributed by atoms with van der Waals surface area (Å²) < 4.78 is 31.3. The van der Waals surface area contributed by atoms with Gasteiger partial charge in [0.1, 0.15) is 17.4 Å². The number of carbonyl (C=O) groups excluding carboxylic acids is 1. The third kappa shape index (κ3) is 3.83. The van der Waals surface area contributed by atoms with Crippen molar-refractivity contribution in [2.75, 3.05) is 13.7 Å². The van der Waals surface area contributed by atoms with Gasteiger partial charge < -0.3 is 10.1 Å². The first-order valence-corrected chi connectivity index (χ1v) is 6.47. The Balaban J connectivity index is 1.99. The highest BCUT2D eigenvalue weighted by molar-refractivity contribution is 5.94. The van der Waals surface area contributed by atoms with Crippen molar-refractivity contribution in [2.24, 2.45) is 0 Å². The molecule has 22 heavy (non-hydrogen) atoms.